The highest BCUT2D eigenvalue weighted by molar-refractivity contribution is 5.25. The van der Waals surface area contributed by atoms with Gasteiger partial charge >= 0.3 is 0 Å². The second-order valence-electron chi connectivity index (χ2n) is 7.64. The maximum atomic E-state index is 13.6. The molecule has 0 spiro atoms. The molecule has 0 saturated carbocycles. The molecule has 0 radical (unpaired) electrons. The summed E-state index contributed by atoms with van der Waals surface area (Å²) in [4.78, 5) is 0. The molecule has 2 nitrogen and oxygen atoms in total. The fourth-order valence-electron chi connectivity index (χ4n) is 3.83. The maximum absolute atomic E-state index is 13.6. The van der Waals surface area contributed by atoms with Gasteiger partial charge in [0.15, 0.2) is 0 Å². The molecule has 0 aliphatic rings. The summed E-state index contributed by atoms with van der Waals surface area (Å²) in [6.07, 6.45) is 0.952. The zero-order valence-corrected chi connectivity index (χ0v) is 17.5. The van der Waals surface area contributed by atoms with E-state index in [9.17, 15) is 4.39 Å². The number of benzene rings is 3. The lowest BCUT2D eigenvalue weighted by Gasteiger charge is -2.33. The molecular formula is C26H31FN2. The van der Waals surface area contributed by atoms with Crippen molar-refractivity contribution in [1.82, 2.24) is 10.6 Å². The Bertz CT molecular complexity index is 849. The lowest BCUT2D eigenvalue weighted by Crippen LogP contribution is -2.43. The van der Waals surface area contributed by atoms with Crippen molar-refractivity contribution < 1.29 is 4.39 Å². The third-order valence-corrected chi connectivity index (χ3v) is 5.56. The van der Waals surface area contributed by atoms with Crippen LogP contribution in [-0.4, -0.2) is 6.04 Å². The smallest absolute Gasteiger partial charge is 0.123 e. The van der Waals surface area contributed by atoms with E-state index in [-0.39, 0.29) is 30.0 Å². The third-order valence-electron chi connectivity index (χ3n) is 5.56. The predicted octanol–water partition coefficient (Wildman–Crippen LogP) is 6.35. The molecule has 0 aliphatic carbocycles. The van der Waals surface area contributed by atoms with Crippen LogP contribution in [-0.2, 0) is 0 Å². The second-order valence-corrected chi connectivity index (χ2v) is 7.64. The van der Waals surface area contributed by atoms with Crippen LogP contribution in [0.25, 0.3) is 0 Å². The normalized spacial score (nSPS) is 15.4. The zero-order valence-electron chi connectivity index (χ0n) is 17.5. The van der Waals surface area contributed by atoms with E-state index in [1.54, 1.807) is 12.1 Å². The topological polar surface area (TPSA) is 24.1 Å². The first-order valence-electron chi connectivity index (χ1n) is 10.5. The number of halogens is 1. The van der Waals surface area contributed by atoms with Crippen molar-refractivity contribution in [3.63, 3.8) is 0 Å². The third kappa shape index (κ3) is 5.75. The first kappa shape index (κ1) is 21.2. The molecule has 0 bridgehead atoms. The summed E-state index contributed by atoms with van der Waals surface area (Å²) < 4.78 is 13.6. The van der Waals surface area contributed by atoms with Gasteiger partial charge in [-0.25, -0.2) is 4.39 Å². The van der Waals surface area contributed by atoms with E-state index in [4.69, 9.17) is 0 Å². The van der Waals surface area contributed by atoms with Crippen molar-refractivity contribution in [2.75, 3.05) is 0 Å². The molecule has 0 aromatic heterocycles. The van der Waals surface area contributed by atoms with Crippen molar-refractivity contribution >= 4 is 0 Å². The van der Waals surface area contributed by atoms with Crippen LogP contribution in [0.4, 0.5) is 4.39 Å². The summed E-state index contributed by atoms with van der Waals surface area (Å²) in [6.45, 7) is 6.57. The van der Waals surface area contributed by atoms with Crippen molar-refractivity contribution in [3.8, 4) is 0 Å². The van der Waals surface area contributed by atoms with Gasteiger partial charge in [0.25, 0.3) is 0 Å². The minimum absolute atomic E-state index is 0.0574. The fourth-order valence-corrected chi connectivity index (χ4v) is 3.83. The lowest BCUT2D eigenvalue weighted by atomic mass is 9.94. The van der Waals surface area contributed by atoms with Crippen LogP contribution in [0.2, 0.25) is 0 Å². The van der Waals surface area contributed by atoms with E-state index in [0.29, 0.717) is 0 Å². The Morgan fingerprint density at radius 2 is 1.14 bits per heavy atom. The molecule has 152 valence electrons. The van der Waals surface area contributed by atoms with Gasteiger partial charge in [-0.2, -0.15) is 0 Å². The number of hydrogen-bond acceptors (Lipinski definition) is 2. The largest absolute Gasteiger partial charge is 0.306 e. The zero-order chi connectivity index (χ0) is 20.6. The van der Waals surface area contributed by atoms with Crippen LogP contribution in [0, 0.1) is 5.82 Å². The molecule has 2 N–H and O–H groups in total. The van der Waals surface area contributed by atoms with Gasteiger partial charge in [-0.3, -0.25) is 0 Å². The van der Waals surface area contributed by atoms with Gasteiger partial charge in [0.05, 0.1) is 0 Å². The molecular weight excluding hydrogens is 359 g/mol. The summed E-state index contributed by atoms with van der Waals surface area (Å²) in [5.41, 5.74) is 3.60. The molecule has 0 fully saturated rings. The van der Waals surface area contributed by atoms with Crippen LogP contribution in [0.1, 0.15) is 62.0 Å². The van der Waals surface area contributed by atoms with Gasteiger partial charge in [-0.05, 0) is 49.1 Å². The van der Waals surface area contributed by atoms with Crippen molar-refractivity contribution in [2.24, 2.45) is 0 Å². The average molecular weight is 391 g/mol. The highest BCUT2D eigenvalue weighted by Gasteiger charge is 2.25. The van der Waals surface area contributed by atoms with Gasteiger partial charge in [0.2, 0.25) is 0 Å². The van der Waals surface area contributed by atoms with E-state index in [2.05, 4.69) is 79.9 Å². The summed E-state index contributed by atoms with van der Waals surface area (Å²) in [7, 11) is 0. The first-order chi connectivity index (χ1) is 14.1. The maximum Gasteiger partial charge on any atom is 0.123 e. The Morgan fingerprint density at radius 3 is 1.62 bits per heavy atom. The fraction of sp³-hybridized carbons (Fsp3) is 0.308. The van der Waals surface area contributed by atoms with Crippen LogP contribution in [0.5, 0.6) is 0 Å². The molecule has 0 amide bonds. The van der Waals surface area contributed by atoms with E-state index in [0.717, 1.165) is 12.0 Å². The summed E-state index contributed by atoms with van der Waals surface area (Å²) in [6, 6.07) is 28.4. The van der Waals surface area contributed by atoms with Crippen LogP contribution < -0.4 is 10.6 Å². The predicted molar refractivity (Wildman–Crippen MR) is 119 cm³/mol. The molecule has 3 heteroatoms. The van der Waals surface area contributed by atoms with Crippen LogP contribution >= 0.6 is 0 Å². The summed E-state index contributed by atoms with van der Waals surface area (Å²) >= 11 is 0. The van der Waals surface area contributed by atoms with Gasteiger partial charge < -0.3 is 10.6 Å². The van der Waals surface area contributed by atoms with Crippen molar-refractivity contribution in [2.45, 2.75) is 51.4 Å². The lowest BCUT2D eigenvalue weighted by molar-refractivity contribution is 0.320. The van der Waals surface area contributed by atoms with Crippen LogP contribution in [0.15, 0.2) is 84.9 Å². The molecule has 29 heavy (non-hydrogen) atoms. The molecule has 0 heterocycles. The molecule has 0 aliphatic heterocycles. The summed E-state index contributed by atoms with van der Waals surface area (Å²) in [5, 5.41) is 7.59. The number of hydrogen-bond donors (Lipinski definition) is 2. The van der Waals surface area contributed by atoms with Gasteiger partial charge in [0.1, 0.15) is 5.82 Å². The van der Waals surface area contributed by atoms with E-state index >= 15 is 0 Å². The first-order valence-corrected chi connectivity index (χ1v) is 10.5. The minimum Gasteiger partial charge on any atom is -0.306 e. The van der Waals surface area contributed by atoms with Gasteiger partial charge in [-0.1, -0.05) is 79.7 Å². The van der Waals surface area contributed by atoms with Crippen molar-refractivity contribution in [3.05, 3.63) is 107 Å². The number of nitrogens with one attached hydrogen (secondary N) is 2. The Morgan fingerprint density at radius 1 is 0.655 bits per heavy atom. The molecule has 0 saturated heterocycles. The molecule has 3 aromatic carbocycles. The average Bonchev–Trinajstić information content (AvgIpc) is 2.77. The van der Waals surface area contributed by atoms with Crippen molar-refractivity contribution in [1.29, 1.82) is 0 Å². The summed E-state index contributed by atoms with van der Waals surface area (Å²) in [5.74, 6) is -0.206. The van der Waals surface area contributed by atoms with Gasteiger partial charge in [0, 0.05) is 24.2 Å². The van der Waals surface area contributed by atoms with E-state index < -0.39 is 0 Å². The Hall–Kier alpha value is -2.49. The second kappa shape index (κ2) is 10.3. The highest BCUT2D eigenvalue weighted by Crippen LogP contribution is 2.26. The minimum atomic E-state index is -0.206. The molecule has 0 unspecified atom stereocenters. The molecule has 3 aromatic rings. The SMILES string of the molecule is CC[C@H](N[C@@H](C)c1ccccc1)[C@H](N[C@@H](C)c1ccccc1)c1ccc(F)cc1. The molecule has 4 atom stereocenters. The Labute approximate surface area is 174 Å². The van der Waals surface area contributed by atoms with Crippen LogP contribution in [0.3, 0.4) is 0 Å². The van der Waals surface area contributed by atoms with E-state index in [1.807, 2.05) is 24.3 Å². The Kier molecular flexibility index (Phi) is 7.56. The van der Waals surface area contributed by atoms with Gasteiger partial charge in [-0.15, -0.1) is 0 Å². The monoisotopic (exact) mass is 390 g/mol. The molecule has 3 rings (SSSR count). The highest BCUT2D eigenvalue weighted by atomic mass is 19.1. The standard InChI is InChI=1S/C26H31FN2/c1-4-25(28-19(2)21-11-7-5-8-12-21)26(23-15-17-24(27)18-16-23)29-20(3)22-13-9-6-10-14-22/h5-20,25-26,28-29H,4H2,1-3H3/t19-,20-,25-,26+/m0/s1. The quantitative estimate of drug-likeness (QED) is 0.445. The number of rotatable bonds is 9. The Balaban J connectivity index is 1.84. The van der Waals surface area contributed by atoms with E-state index in [1.165, 1.54) is 11.1 Å².